The first-order chi connectivity index (χ1) is 8.46. The molecule has 0 unspecified atom stereocenters. The number of nitrogens with zero attached hydrogens (tertiary/aromatic N) is 1. The second-order valence-electron chi connectivity index (χ2n) is 3.84. The van der Waals surface area contributed by atoms with Gasteiger partial charge in [0.25, 0.3) is 0 Å². The molecule has 1 aromatic carbocycles. The molecule has 0 aromatic heterocycles. The first-order valence-electron chi connectivity index (χ1n) is 5.33. The summed E-state index contributed by atoms with van der Waals surface area (Å²) in [6, 6.07) is 4.71. The zero-order valence-electron chi connectivity index (χ0n) is 9.47. The SMILES string of the molecule is O=S(=O)(O)Nc1ccc(N2CCOCC2)c(Cl)c1.[NaH]. The molecule has 0 aliphatic carbocycles. The van der Waals surface area contributed by atoms with Crippen LogP contribution < -0.4 is 9.62 Å². The van der Waals surface area contributed by atoms with Gasteiger partial charge in [-0.3, -0.25) is 9.27 Å². The number of benzene rings is 1. The van der Waals surface area contributed by atoms with E-state index in [9.17, 15) is 8.42 Å². The Bertz CT molecular complexity index is 534. The molecule has 1 aliphatic rings. The number of ether oxygens (including phenoxy) is 1. The van der Waals surface area contributed by atoms with Crippen molar-refractivity contribution >= 4 is 62.8 Å². The van der Waals surface area contributed by atoms with Gasteiger partial charge in [-0.25, -0.2) is 0 Å². The fraction of sp³-hybridized carbons (Fsp3) is 0.400. The van der Waals surface area contributed by atoms with E-state index in [-0.39, 0.29) is 35.2 Å². The second kappa shape index (κ2) is 7.12. The van der Waals surface area contributed by atoms with Crippen molar-refractivity contribution in [2.75, 3.05) is 35.9 Å². The van der Waals surface area contributed by atoms with Gasteiger partial charge in [-0.1, -0.05) is 11.6 Å². The number of morpholine rings is 1. The first-order valence-corrected chi connectivity index (χ1v) is 7.15. The Morgan fingerprint density at radius 1 is 1.32 bits per heavy atom. The summed E-state index contributed by atoms with van der Waals surface area (Å²) >= 11 is 6.09. The third kappa shape index (κ3) is 5.11. The number of anilines is 2. The van der Waals surface area contributed by atoms with Crippen molar-refractivity contribution in [1.29, 1.82) is 0 Å². The zero-order valence-corrected chi connectivity index (χ0v) is 11.0. The van der Waals surface area contributed by atoms with Crippen molar-refractivity contribution in [2.24, 2.45) is 0 Å². The summed E-state index contributed by atoms with van der Waals surface area (Å²) < 4.78 is 37.2. The molecule has 1 fully saturated rings. The number of hydrogen-bond acceptors (Lipinski definition) is 4. The van der Waals surface area contributed by atoms with Crippen molar-refractivity contribution in [2.45, 2.75) is 0 Å². The Labute approximate surface area is 139 Å². The Balaban J connectivity index is 0.00000180. The van der Waals surface area contributed by atoms with Gasteiger partial charge in [0.2, 0.25) is 0 Å². The fourth-order valence-electron chi connectivity index (χ4n) is 1.78. The summed E-state index contributed by atoms with van der Waals surface area (Å²) in [5.74, 6) is 0. The summed E-state index contributed by atoms with van der Waals surface area (Å²) in [4.78, 5) is 2.06. The number of hydrogen-bond donors (Lipinski definition) is 2. The van der Waals surface area contributed by atoms with E-state index in [1.54, 1.807) is 12.1 Å². The van der Waals surface area contributed by atoms with E-state index < -0.39 is 10.3 Å². The second-order valence-corrected chi connectivity index (χ2v) is 5.40. The van der Waals surface area contributed by atoms with Gasteiger partial charge in [0.15, 0.2) is 0 Å². The van der Waals surface area contributed by atoms with E-state index in [2.05, 4.69) is 4.90 Å². The van der Waals surface area contributed by atoms with Crippen LogP contribution in [0.15, 0.2) is 18.2 Å². The molecule has 0 amide bonds. The zero-order chi connectivity index (χ0) is 13.2. The molecule has 102 valence electrons. The van der Waals surface area contributed by atoms with E-state index in [4.69, 9.17) is 20.9 Å². The molecule has 1 heterocycles. The molecular weight excluding hydrogens is 303 g/mol. The summed E-state index contributed by atoms with van der Waals surface area (Å²) in [5, 5.41) is 0.422. The molecule has 0 radical (unpaired) electrons. The van der Waals surface area contributed by atoms with Gasteiger partial charge in [-0.05, 0) is 18.2 Å². The van der Waals surface area contributed by atoms with Gasteiger partial charge in [0.1, 0.15) is 0 Å². The molecule has 1 aromatic rings. The Morgan fingerprint density at radius 2 is 1.95 bits per heavy atom. The molecular formula is C10H14ClN2NaO4S. The summed E-state index contributed by atoms with van der Waals surface area (Å²) in [6.45, 7) is 2.76. The van der Waals surface area contributed by atoms with Crippen LogP contribution in [0.1, 0.15) is 0 Å². The van der Waals surface area contributed by atoms with Crippen molar-refractivity contribution in [3.8, 4) is 0 Å². The van der Waals surface area contributed by atoms with E-state index in [1.807, 2.05) is 4.72 Å². The average molecular weight is 317 g/mol. The average Bonchev–Trinajstić information content (AvgIpc) is 2.28. The first kappa shape index (κ1) is 17.0. The molecule has 19 heavy (non-hydrogen) atoms. The van der Waals surface area contributed by atoms with Crippen molar-refractivity contribution < 1.29 is 17.7 Å². The Morgan fingerprint density at radius 3 is 2.47 bits per heavy atom. The monoisotopic (exact) mass is 316 g/mol. The van der Waals surface area contributed by atoms with Crippen LogP contribution in [0.25, 0.3) is 0 Å². The molecule has 0 spiro atoms. The number of halogens is 1. The molecule has 1 saturated heterocycles. The van der Waals surface area contributed by atoms with E-state index in [0.29, 0.717) is 18.2 Å². The number of rotatable bonds is 3. The van der Waals surface area contributed by atoms with Crippen molar-refractivity contribution in [3.63, 3.8) is 0 Å². The van der Waals surface area contributed by atoms with Crippen LogP contribution in [-0.2, 0) is 15.0 Å². The topological polar surface area (TPSA) is 78.9 Å². The van der Waals surface area contributed by atoms with Gasteiger partial charge in [-0.15, -0.1) is 0 Å². The van der Waals surface area contributed by atoms with E-state index in [0.717, 1.165) is 18.8 Å². The maximum absolute atomic E-state index is 10.7. The van der Waals surface area contributed by atoms with E-state index >= 15 is 0 Å². The van der Waals surface area contributed by atoms with Crippen molar-refractivity contribution in [3.05, 3.63) is 23.2 Å². The Kier molecular flexibility index (Phi) is 6.38. The normalized spacial score (nSPS) is 15.8. The Hall–Kier alpha value is -0.0200. The van der Waals surface area contributed by atoms with Crippen LogP contribution in [0.3, 0.4) is 0 Å². The van der Waals surface area contributed by atoms with Crippen LogP contribution in [0.2, 0.25) is 5.02 Å². The predicted molar refractivity (Wildman–Crippen MR) is 76.8 cm³/mol. The van der Waals surface area contributed by atoms with Gasteiger partial charge < -0.3 is 9.64 Å². The third-order valence-corrected chi connectivity index (χ3v) is 3.34. The molecule has 0 atom stereocenters. The quantitative estimate of drug-likeness (QED) is 0.635. The van der Waals surface area contributed by atoms with Crippen molar-refractivity contribution in [1.82, 2.24) is 0 Å². The van der Waals surface area contributed by atoms with Crippen LogP contribution >= 0.6 is 11.6 Å². The van der Waals surface area contributed by atoms with Gasteiger partial charge in [-0.2, -0.15) is 8.42 Å². The molecule has 2 N–H and O–H groups in total. The third-order valence-electron chi connectivity index (χ3n) is 2.55. The van der Waals surface area contributed by atoms with Crippen LogP contribution in [-0.4, -0.2) is 68.8 Å². The maximum atomic E-state index is 10.7. The summed E-state index contributed by atoms with van der Waals surface area (Å²) in [6.07, 6.45) is 0. The number of nitrogens with one attached hydrogen (secondary N) is 1. The van der Waals surface area contributed by atoms with Gasteiger partial charge in [0.05, 0.1) is 29.6 Å². The molecule has 6 nitrogen and oxygen atoms in total. The predicted octanol–water partition coefficient (Wildman–Crippen LogP) is 0.743. The molecule has 9 heteroatoms. The van der Waals surface area contributed by atoms with E-state index in [1.165, 1.54) is 6.07 Å². The van der Waals surface area contributed by atoms with Crippen LogP contribution in [0, 0.1) is 0 Å². The van der Waals surface area contributed by atoms with Crippen LogP contribution in [0.4, 0.5) is 11.4 Å². The van der Waals surface area contributed by atoms with Crippen LogP contribution in [0.5, 0.6) is 0 Å². The molecule has 0 saturated carbocycles. The standard InChI is InChI=1S/C10H13ClN2O4S.Na.H/c11-9-7-8(12-18(14,15)16)1-2-10(9)13-3-5-17-6-4-13;;/h1-2,7,12H,3-6H2,(H,14,15,16);;. The molecule has 1 aliphatic heterocycles. The fourth-order valence-corrected chi connectivity index (χ4v) is 2.50. The molecule has 2 rings (SSSR count). The summed E-state index contributed by atoms with van der Waals surface area (Å²) in [7, 11) is -4.27. The van der Waals surface area contributed by atoms with Gasteiger partial charge in [0, 0.05) is 13.1 Å². The molecule has 0 bridgehead atoms. The van der Waals surface area contributed by atoms with Gasteiger partial charge >= 0.3 is 39.9 Å². The summed E-state index contributed by atoms with van der Waals surface area (Å²) in [5.41, 5.74) is 1.04. The minimum atomic E-state index is -4.27. The minimum absolute atomic E-state index is 0.